The molecule has 0 saturated heterocycles. The lowest BCUT2D eigenvalue weighted by Crippen LogP contribution is -2.27. The van der Waals surface area contributed by atoms with Crippen LogP contribution in [0.15, 0.2) is 82.7 Å². The molecule has 3 heterocycles. The molecule has 13 heteroatoms. The molecule has 0 fully saturated rings. The van der Waals surface area contributed by atoms with E-state index in [-0.39, 0.29) is 36.2 Å². The summed E-state index contributed by atoms with van der Waals surface area (Å²) in [7, 11) is 0. The molecule has 1 amide bonds. The highest BCUT2D eigenvalue weighted by molar-refractivity contribution is 6.04. The average Bonchev–Trinajstić information content (AvgIpc) is 3.03. The molecule has 2 aliphatic rings. The van der Waals surface area contributed by atoms with Crippen molar-refractivity contribution < 1.29 is 37.3 Å². The first-order chi connectivity index (χ1) is 22.0. The Bertz CT molecular complexity index is 1790. The molecular weight excluding hydrogens is 590 g/mol. The minimum absolute atomic E-state index is 0.103. The number of aromatic nitrogens is 1. The molecule has 4 aromatic rings. The first-order valence-corrected chi connectivity index (χ1v) is 14.1. The fourth-order valence-electron chi connectivity index (χ4n) is 4.66. The number of fused-ring (bicyclic) bond motifs is 2. The second-order valence-corrected chi connectivity index (χ2v) is 9.84. The van der Waals surface area contributed by atoms with E-state index >= 15 is 4.39 Å². The Morgan fingerprint density at radius 2 is 1.60 bits per heavy atom. The number of ether oxygens (including phenoxy) is 5. The first kappa shape index (κ1) is 29.8. The largest absolute Gasteiger partial charge is 0.487 e. The lowest BCUT2D eigenvalue weighted by molar-refractivity contribution is 0.0223. The maximum absolute atomic E-state index is 15.2. The third-order valence-electron chi connectivity index (χ3n) is 6.84. The SMILES string of the molecule is O=C(Nc1ccc(OC2=NCNc3cc4c(cc32)OCCOCCOCCO4)c(F)c1)c1cccn(-c2ccc(F)cc2)c1=O. The van der Waals surface area contributed by atoms with Gasteiger partial charge in [-0.2, -0.15) is 0 Å². The molecule has 2 N–H and O–H groups in total. The van der Waals surface area contributed by atoms with Gasteiger partial charge in [-0.3, -0.25) is 14.2 Å². The molecular formula is C32H28F2N4O7. The maximum atomic E-state index is 15.2. The molecule has 0 saturated carbocycles. The monoisotopic (exact) mass is 618 g/mol. The predicted octanol–water partition coefficient (Wildman–Crippen LogP) is 4.38. The molecule has 232 valence electrons. The van der Waals surface area contributed by atoms with Crippen LogP contribution in [0.5, 0.6) is 17.2 Å². The van der Waals surface area contributed by atoms with Gasteiger partial charge in [-0.1, -0.05) is 0 Å². The van der Waals surface area contributed by atoms with Crippen LogP contribution in [0.1, 0.15) is 15.9 Å². The van der Waals surface area contributed by atoms with Gasteiger partial charge in [0.05, 0.1) is 37.7 Å². The van der Waals surface area contributed by atoms with Crippen LogP contribution in [0, 0.1) is 11.6 Å². The third kappa shape index (κ3) is 6.95. The highest BCUT2D eigenvalue weighted by Crippen LogP contribution is 2.36. The Labute approximate surface area is 256 Å². The number of halogens is 2. The first-order valence-electron chi connectivity index (χ1n) is 14.1. The van der Waals surface area contributed by atoms with Crippen LogP contribution >= 0.6 is 0 Å². The highest BCUT2D eigenvalue weighted by Gasteiger charge is 2.22. The van der Waals surface area contributed by atoms with Gasteiger partial charge < -0.3 is 34.3 Å². The van der Waals surface area contributed by atoms with Crippen LogP contribution < -0.4 is 30.4 Å². The summed E-state index contributed by atoms with van der Waals surface area (Å²) in [5.74, 6) is -1.000. The molecule has 11 nitrogen and oxygen atoms in total. The quantitative estimate of drug-likeness (QED) is 0.346. The van der Waals surface area contributed by atoms with Crippen molar-refractivity contribution in [3.05, 3.63) is 106 Å². The Morgan fingerprint density at radius 1 is 0.889 bits per heavy atom. The van der Waals surface area contributed by atoms with Gasteiger partial charge in [-0.15, -0.1) is 0 Å². The maximum Gasteiger partial charge on any atom is 0.267 e. The van der Waals surface area contributed by atoms with Gasteiger partial charge in [-0.05, 0) is 54.6 Å². The van der Waals surface area contributed by atoms with E-state index in [0.29, 0.717) is 61.5 Å². The van der Waals surface area contributed by atoms with Gasteiger partial charge in [-0.25, -0.2) is 13.8 Å². The number of pyridine rings is 1. The fourth-order valence-corrected chi connectivity index (χ4v) is 4.66. The second kappa shape index (κ2) is 13.6. The lowest BCUT2D eigenvalue weighted by atomic mass is 10.1. The molecule has 0 bridgehead atoms. The van der Waals surface area contributed by atoms with Gasteiger partial charge in [0, 0.05) is 29.7 Å². The van der Waals surface area contributed by atoms with E-state index in [4.69, 9.17) is 23.7 Å². The Hall–Kier alpha value is -5.27. The van der Waals surface area contributed by atoms with Crippen LogP contribution in [0.2, 0.25) is 0 Å². The third-order valence-corrected chi connectivity index (χ3v) is 6.84. The number of anilines is 2. The molecule has 0 atom stereocenters. The zero-order chi connectivity index (χ0) is 31.2. The molecule has 0 unspecified atom stereocenters. The average molecular weight is 619 g/mol. The van der Waals surface area contributed by atoms with Crippen molar-refractivity contribution in [1.82, 2.24) is 4.57 Å². The van der Waals surface area contributed by atoms with E-state index in [1.807, 2.05) is 0 Å². The lowest BCUT2D eigenvalue weighted by Gasteiger charge is -2.22. The van der Waals surface area contributed by atoms with Crippen LogP contribution in [0.3, 0.4) is 0 Å². The molecule has 0 radical (unpaired) electrons. The number of nitrogens with zero attached hydrogens (tertiary/aromatic N) is 2. The summed E-state index contributed by atoms with van der Waals surface area (Å²) >= 11 is 0. The van der Waals surface area contributed by atoms with Crippen molar-refractivity contribution in [3.8, 4) is 22.9 Å². The number of hydrogen-bond acceptors (Lipinski definition) is 9. The van der Waals surface area contributed by atoms with E-state index in [1.54, 1.807) is 12.1 Å². The smallest absolute Gasteiger partial charge is 0.267 e. The van der Waals surface area contributed by atoms with E-state index in [9.17, 15) is 14.0 Å². The van der Waals surface area contributed by atoms with Crippen LogP contribution in [0.4, 0.5) is 20.2 Å². The van der Waals surface area contributed by atoms with Crippen LogP contribution in [0.25, 0.3) is 5.69 Å². The van der Waals surface area contributed by atoms with E-state index < -0.39 is 23.1 Å². The summed E-state index contributed by atoms with van der Waals surface area (Å²) in [5.41, 5.74) is 0.880. The minimum Gasteiger partial charge on any atom is -0.487 e. The van der Waals surface area contributed by atoms with Gasteiger partial charge in [0.15, 0.2) is 23.1 Å². The molecule has 1 aromatic heterocycles. The number of hydrogen-bond donors (Lipinski definition) is 2. The summed E-state index contributed by atoms with van der Waals surface area (Å²) in [6, 6.07) is 15.5. The van der Waals surface area contributed by atoms with Crippen molar-refractivity contribution >= 4 is 23.2 Å². The normalized spacial score (nSPS) is 14.9. The number of rotatable bonds is 4. The van der Waals surface area contributed by atoms with E-state index in [2.05, 4.69) is 15.6 Å². The standard InChI is InChI=1S/C32H28F2N4O7/c33-20-3-6-22(7-4-20)38-9-1-2-23(32(38)40)30(39)37-21-5-8-27(25(34)16-21)45-31-24-17-28-29(18-26(24)35-19-36-31)44-15-13-42-11-10-41-12-14-43-28/h1-9,16-18,35H,10-15,19H2,(H,37,39). The van der Waals surface area contributed by atoms with Gasteiger partial charge in [0.1, 0.15) is 31.3 Å². The Kier molecular flexibility index (Phi) is 8.99. The van der Waals surface area contributed by atoms with Crippen molar-refractivity contribution in [2.45, 2.75) is 0 Å². The van der Waals surface area contributed by atoms with Crippen molar-refractivity contribution in [2.75, 3.05) is 56.9 Å². The number of carbonyl (C=O) groups excluding carboxylic acids is 1. The molecule has 2 aliphatic heterocycles. The van der Waals surface area contributed by atoms with Gasteiger partial charge in [0.2, 0.25) is 5.90 Å². The molecule has 6 rings (SSSR count). The van der Waals surface area contributed by atoms with Crippen molar-refractivity contribution in [3.63, 3.8) is 0 Å². The van der Waals surface area contributed by atoms with Crippen LogP contribution in [-0.4, -0.2) is 62.7 Å². The predicted molar refractivity (Wildman–Crippen MR) is 161 cm³/mol. The minimum atomic E-state index is -0.768. The zero-order valence-corrected chi connectivity index (χ0v) is 23.9. The topological polar surface area (TPSA) is 122 Å². The number of carbonyl (C=O) groups is 1. The Morgan fingerprint density at radius 3 is 2.33 bits per heavy atom. The van der Waals surface area contributed by atoms with E-state index in [1.165, 1.54) is 59.3 Å². The molecule has 0 spiro atoms. The molecule has 45 heavy (non-hydrogen) atoms. The van der Waals surface area contributed by atoms with Gasteiger partial charge >= 0.3 is 0 Å². The number of benzene rings is 3. The molecule has 3 aromatic carbocycles. The fraction of sp³-hybridized carbons (Fsp3) is 0.219. The number of aliphatic imine (C=N–C) groups is 1. The Balaban J connectivity index is 1.18. The summed E-state index contributed by atoms with van der Waals surface area (Å²) < 4.78 is 58.4. The van der Waals surface area contributed by atoms with E-state index in [0.717, 1.165) is 6.07 Å². The van der Waals surface area contributed by atoms with Crippen molar-refractivity contribution in [2.24, 2.45) is 4.99 Å². The zero-order valence-electron chi connectivity index (χ0n) is 23.9. The highest BCUT2D eigenvalue weighted by atomic mass is 19.1. The summed E-state index contributed by atoms with van der Waals surface area (Å²) in [6.45, 7) is 2.44. The van der Waals surface area contributed by atoms with Crippen LogP contribution in [-0.2, 0) is 9.47 Å². The van der Waals surface area contributed by atoms with Crippen molar-refractivity contribution in [1.29, 1.82) is 0 Å². The number of amides is 1. The summed E-state index contributed by atoms with van der Waals surface area (Å²) in [6.07, 6.45) is 1.46. The second-order valence-electron chi connectivity index (χ2n) is 9.84. The number of nitrogens with one attached hydrogen (secondary N) is 2. The van der Waals surface area contributed by atoms with Gasteiger partial charge in [0.25, 0.3) is 11.5 Å². The molecule has 0 aliphatic carbocycles. The summed E-state index contributed by atoms with van der Waals surface area (Å²) in [5, 5.41) is 5.69. The summed E-state index contributed by atoms with van der Waals surface area (Å²) in [4.78, 5) is 30.3.